The van der Waals surface area contributed by atoms with Gasteiger partial charge in [-0.1, -0.05) is 6.92 Å². The van der Waals surface area contributed by atoms with Crippen molar-refractivity contribution in [3.8, 4) is 0 Å². The molecule has 0 aromatic heterocycles. The van der Waals surface area contributed by atoms with Crippen LogP contribution in [0.25, 0.3) is 0 Å². The van der Waals surface area contributed by atoms with E-state index in [1.165, 1.54) is 38.9 Å². The number of carbonyl (C=O) groups excluding carboxylic acids is 2. The fraction of sp³-hybridized carbons (Fsp3) is 0.905. The molecule has 2 fully saturated rings. The Kier molecular flexibility index (Phi) is 10.9. The van der Waals surface area contributed by atoms with Gasteiger partial charge in [0.25, 0.3) is 0 Å². The molecule has 0 bridgehead atoms. The summed E-state index contributed by atoms with van der Waals surface area (Å²) < 4.78 is 0. The summed E-state index contributed by atoms with van der Waals surface area (Å²) in [6.07, 6.45) is 5.47. The molecule has 8 heteroatoms. The second-order valence-corrected chi connectivity index (χ2v) is 8.46. The molecule has 0 atom stereocenters. The van der Waals surface area contributed by atoms with Crippen LogP contribution in [0.4, 0.5) is 0 Å². The van der Waals surface area contributed by atoms with Gasteiger partial charge in [-0.25, -0.2) is 0 Å². The summed E-state index contributed by atoms with van der Waals surface area (Å²) in [7, 11) is 2.05. The van der Waals surface area contributed by atoms with Gasteiger partial charge in [-0.05, 0) is 78.4 Å². The highest BCUT2D eigenvalue weighted by Gasteiger charge is 2.30. The number of carbonyl (C=O) groups is 2. The van der Waals surface area contributed by atoms with Crippen LogP contribution in [0.15, 0.2) is 0 Å². The second-order valence-electron chi connectivity index (χ2n) is 8.46. The molecule has 0 aromatic rings. The van der Waals surface area contributed by atoms with Crippen LogP contribution in [0.2, 0.25) is 0 Å². The number of rotatable bonds is 10. The van der Waals surface area contributed by atoms with Crippen LogP contribution in [0, 0.1) is 0 Å². The van der Waals surface area contributed by atoms with E-state index in [1.54, 1.807) is 4.90 Å². The molecule has 0 radical (unpaired) electrons. The molecule has 0 unspecified atom stereocenters. The average Bonchev–Trinajstić information content (AvgIpc) is 2.75. The molecule has 168 valence electrons. The zero-order valence-corrected chi connectivity index (χ0v) is 18.6. The lowest BCUT2D eigenvalue weighted by molar-refractivity contribution is -0.147. The maximum atomic E-state index is 12.4. The van der Waals surface area contributed by atoms with E-state index in [9.17, 15) is 9.59 Å². The Labute approximate surface area is 176 Å². The molecule has 0 spiro atoms. The van der Waals surface area contributed by atoms with Crippen molar-refractivity contribution in [2.24, 2.45) is 5.73 Å². The Morgan fingerprint density at radius 2 is 1.69 bits per heavy atom. The number of hydrogen-bond donors (Lipinski definition) is 2. The molecule has 2 heterocycles. The fourth-order valence-electron chi connectivity index (χ4n) is 4.36. The number of nitrogens with zero attached hydrogens (tertiary/aromatic N) is 4. The first-order valence-corrected chi connectivity index (χ1v) is 11.5. The first-order chi connectivity index (χ1) is 14.0. The van der Waals surface area contributed by atoms with Gasteiger partial charge in [0, 0.05) is 38.8 Å². The molecule has 29 heavy (non-hydrogen) atoms. The van der Waals surface area contributed by atoms with E-state index in [2.05, 4.69) is 34.0 Å². The monoisotopic (exact) mass is 410 g/mol. The van der Waals surface area contributed by atoms with Crippen LogP contribution in [-0.2, 0) is 9.59 Å². The lowest BCUT2D eigenvalue weighted by Crippen LogP contribution is -2.56. The Morgan fingerprint density at radius 1 is 1.03 bits per heavy atom. The lowest BCUT2D eigenvalue weighted by atomic mass is 10.0. The van der Waals surface area contributed by atoms with Gasteiger partial charge in [0.05, 0.1) is 0 Å². The summed E-state index contributed by atoms with van der Waals surface area (Å²) in [4.78, 5) is 33.6. The highest BCUT2D eigenvalue weighted by molar-refractivity contribution is 6.35. The predicted molar refractivity (Wildman–Crippen MR) is 117 cm³/mol. The third kappa shape index (κ3) is 8.20. The van der Waals surface area contributed by atoms with Gasteiger partial charge in [0.1, 0.15) is 0 Å². The molecule has 0 aliphatic carbocycles. The first kappa shape index (κ1) is 24.1. The largest absolute Gasteiger partial charge is 0.348 e. The van der Waals surface area contributed by atoms with Crippen molar-refractivity contribution >= 4 is 11.8 Å². The first-order valence-electron chi connectivity index (χ1n) is 11.5. The summed E-state index contributed by atoms with van der Waals surface area (Å²) in [5, 5.41) is 2.78. The minimum absolute atomic E-state index is 0.376. The molecular weight excluding hydrogens is 368 g/mol. The summed E-state index contributed by atoms with van der Waals surface area (Å²) >= 11 is 0. The standard InChI is InChI=1S/C21H42N6O2/c1-3-10-25-13-6-19(7-14-25)26-15-17-27(18-16-26)21(29)20(28)23-9-5-12-24(2)11-4-8-22/h19H,3-18,22H2,1-2H3,(H,23,28). The average molecular weight is 411 g/mol. The van der Waals surface area contributed by atoms with Crippen molar-refractivity contribution in [2.75, 3.05) is 79.0 Å². The molecule has 2 rings (SSSR count). The second kappa shape index (κ2) is 13.2. The number of nitrogens with two attached hydrogens (primary N) is 1. The number of piperazine rings is 1. The summed E-state index contributed by atoms with van der Waals surface area (Å²) in [6, 6.07) is 0.630. The normalized spacial score (nSPS) is 19.7. The smallest absolute Gasteiger partial charge is 0.311 e. The molecule has 0 aromatic carbocycles. The number of hydrogen-bond acceptors (Lipinski definition) is 6. The van der Waals surface area contributed by atoms with E-state index in [0.717, 1.165) is 39.0 Å². The van der Waals surface area contributed by atoms with E-state index < -0.39 is 5.91 Å². The van der Waals surface area contributed by atoms with Crippen LogP contribution in [0.3, 0.4) is 0 Å². The third-order valence-electron chi connectivity index (χ3n) is 6.16. The fourth-order valence-corrected chi connectivity index (χ4v) is 4.36. The van der Waals surface area contributed by atoms with Crippen LogP contribution >= 0.6 is 0 Å². The minimum atomic E-state index is -0.462. The van der Waals surface area contributed by atoms with Gasteiger partial charge in [-0.3, -0.25) is 14.5 Å². The Hall–Kier alpha value is -1.22. The summed E-state index contributed by atoms with van der Waals surface area (Å²) in [5.41, 5.74) is 5.51. The number of piperidine rings is 1. The van der Waals surface area contributed by atoms with Gasteiger partial charge in [-0.2, -0.15) is 0 Å². The van der Waals surface area contributed by atoms with Crippen molar-refractivity contribution < 1.29 is 9.59 Å². The Morgan fingerprint density at radius 3 is 2.31 bits per heavy atom. The molecule has 2 aliphatic rings. The molecular formula is C21H42N6O2. The number of nitrogens with one attached hydrogen (secondary N) is 1. The third-order valence-corrected chi connectivity index (χ3v) is 6.16. The van der Waals surface area contributed by atoms with Gasteiger partial charge >= 0.3 is 11.8 Å². The SMILES string of the molecule is CCCN1CCC(N2CCN(C(=O)C(=O)NCCCN(C)CCCN)CC2)CC1. The van der Waals surface area contributed by atoms with Crippen molar-refractivity contribution in [3.63, 3.8) is 0 Å². The van der Waals surface area contributed by atoms with E-state index in [1.807, 2.05) is 0 Å². The van der Waals surface area contributed by atoms with Gasteiger partial charge in [0.2, 0.25) is 0 Å². The molecule has 2 amide bonds. The van der Waals surface area contributed by atoms with E-state index in [-0.39, 0.29) is 5.91 Å². The molecule has 0 saturated carbocycles. The topological polar surface area (TPSA) is 85.2 Å². The number of likely N-dealkylation sites (tertiary alicyclic amines) is 1. The van der Waals surface area contributed by atoms with Gasteiger partial charge in [0.15, 0.2) is 0 Å². The van der Waals surface area contributed by atoms with E-state index >= 15 is 0 Å². The maximum Gasteiger partial charge on any atom is 0.311 e. The minimum Gasteiger partial charge on any atom is -0.348 e. The lowest BCUT2D eigenvalue weighted by Gasteiger charge is -2.42. The number of amides is 2. The summed E-state index contributed by atoms with van der Waals surface area (Å²) in [6.45, 7) is 12.0. The van der Waals surface area contributed by atoms with Crippen molar-refractivity contribution in [1.82, 2.24) is 24.9 Å². The van der Waals surface area contributed by atoms with E-state index in [0.29, 0.717) is 32.2 Å². The van der Waals surface area contributed by atoms with E-state index in [4.69, 9.17) is 5.73 Å². The van der Waals surface area contributed by atoms with Crippen molar-refractivity contribution in [2.45, 2.75) is 45.1 Å². The maximum absolute atomic E-state index is 12.4. The zero-order valence-electron chi connectivity index (χ0n) is 18.6. The van der Waals surface area contributed by atoms with Crippen LogP contribution in [0.1, 0.15) is 39.0 Å². The summed E-state index contributed by atoms with van der Waals surface area (Å²) in [5.74, 6) is -0.838. The molecule has 3 N–H and O–H groups in total. The quantitative estimate of drug-likeness (QED) is 0.383. The zero-order chi connectivity index (χ0) is 21.1. The molecule has 8 nitrogen and oxygen atoms in total. The van der Waals surface area contributed by atoms with Gasteiger partial charge < -0.3 is 25.8 Å². The van der Waals surface area contributed by atoms with Crippen molar-refractivity contribution in [1.29, 1.82) is 0 Å². The van der Waals surface area contributed by atoms with Crippen LogP contribution in [-0.4, -0.2) is 116 Å². The Balaban J connectivity index is 1.61. The highest BCUT2D eigenvalue weighted by Crippen LogP contribution is 2.18. The van der Waals surface area contributed by atoms with Gasteiger partial charge in [-0.15, -0.1) is 0 Å². The highest BCUT2D eigenvalue weighted by atomic mass is 16.2. The predicted octanol–water partition coefficient (Wildman–Crippen LogP) is -0.208. The van der Waals surface area contributed by atoms with Crippen LogP contribution in [0.5, 0.6) is 0 Å². The van der Waals surface area contributed by atoms with Crippen LogP contribution < -0.4 is 11.1 Å². The van der Waals surface area contributed by atoms with Crippen molar-refractivity contribution in [3.05, 3.63) is 0 Å². The molecule has 2 saturated heterocycles. The Bertz CT molecular complexity index is 488. The molecule has 2 aliphatic heterocycles.